The van der Waals surface area contributed by atoms with Crippen molar-refractivity contribution in [1.82, 2.24) is 0 Å². The van der Waals surface area contributed by atoms with Gasteiger partial charge in [0.1, 0.15) is 6.04 Å². The van der Waals surface area contributed by atoms with Crippen LogP contribution in [0.5, 0.6) is 11.5 Å². The Labute approximate surface area is 117 Å². The number of carbonyl (C=O) groups excluding carboxylic acids is 1. The van der Waals surface area contributed by atoms with E-state index in [2.05, 4.69) is 0 Å². The van der Waals surface area contributed by atoms with E-state index in [4.69, 9.17) is 15.6 Å². The maximum Gasteiger partial charge on any atom is 0.320 e. The van der Waals surface area contributed by atoms with Crippen molar-refractivity contribution in [3.63, 3.8) is 0 Å². The summed E-state index contributed by atoms with van der Waals surface area (Å²) in [7, 11) is 1.41. The predicted molar refractivity (Wildman–Crippen MR) is 73.1 cm³/mol. The molecule has 0 spiro atoms. The second-order valence-corrected chi connectivity index (χ2v) is 4.50. The molecule has 4 N–H and O–H groups in total. The van der Waals surface area contributed by atoms with E-state index in [-0.39, 0.29) is 17.3 Å². The molecule has 0 saturated carbocycles. The third-order valence-electron chi connectivity index (χ3n) is 2.99. The van der Waals surface area contributed by atoms with Crippen LogP contribution < -0.4 is 10.5 Å². The minimum Gasteiger partial charge on any atom is -0.504 e. The molecule has 110 valence electrons. The Morgan fingerprint density at radius 3 is 2.65 bits per heavy atom. The quantitative estimate of drug-likeness (QED) is 0.492. The van der Waals surface area contributed by atoms with Gasteiger partial charge in [0.25, 0.3) is 0 Å². The maximum absolute atomic E-state index is 11.9. The van der Waals surface area contributed by atoms with Gasteiger partial charge >= 0.3 is 5.97 Å². The molecular weight excluding hydrogens is 262 g/mol. The first-order valence-corrected chi connectivity index (χ1v) is 6.34. The summed E-state index contributed by atoms with van der Waals surface area (Å²) in [6.07, 6.45) is 1.80. The molecule has 0 amide bonds. The number of rotatable bonds is 8. The molecule has 0 aliphatic rings. The first-order chi connectivity index (χ1) is 9.45. The first kappa shape index (κ1) is 16.0. The molecule has 1 aromatic rings. The summed E-state index contributed by atoms with van der Waals surface area (Å²) in [5.41, 5.74) is 5.83. The summed E-state index contributed by atoms with van der Waals surface area (Å²) < 4.78 is 4.94. The van der Waals surface area contributed by atoms with Gasteiger partial charge in [0, 0.05) is 12.0 Å². The standard InChI is InChI=1S/C14H19NO5/c1-20-13-8-9(6-7-12(13)17)11(16)5-3-2-4-10(15)14(18)19/h6-8,10,17H,2-5,15H2,1H3,(H,18,19). The summed E-state index contributed by atoms with van der Waals surface area (Å²) in [5, 5.41) is 18.1. The van der Waals surface area contributed by atoms with E-state index < -0.39 is 12.0 Å². The van der Waals surface area contributed by atoms with Gasteiger partial charge in [-0.1, -0.05) is 6.42 Å². The number of ketones is 1. The second-order valence-electron chi connectivity index (χ2n) is 4.50. The van der Waals surface area contributed by atoms with Crippen LogP contribution in [0, 0.1) is 0 Å². The summed E-state index contributed by atoms with van der Waals surface area (Å²) in [6.45, 7) is 0. The van der Waals surface area contributed by atoms with Crippen LogP contribution in [0.25, 0.3) is 0 Å². The number of phenols is 1. The lowest BCUT2D eigenvalue weighted by Crippen LogP contribution is -2.29. The molecule has 0 radical (unpaired) electrons. The fourth-order valence-corrected chi connectivity index (χ4v) is 1.77. The number of ether oxygens (including phenoxy) is 1. The van der Waals surface area contributed by atoms with Crippen molar-refractivity contribution in [3.05, 3.63) is 23.8 Å². The molecular formula is C14H19NO5. The van der Waals surface area contributed by atoms with Gasteiger partial charge in [-0.25, -0.2) is 0 Å². The Bertz CT molecular complexity index is 486. The Kier molecular flexibility index (Phi) is 5.99. The fraction of sp³-hybridized carbons (Fsp3) is 0.429. The van der Waals surface area contributed by atoms with Crippen LogP contribution in [-0.4, -0.2) is 35.1 Å². The summed E-state index contributed by atoms with van der Waals surface area (Å²) >= 11 is 0. The molecule has 0 saturated heterocycles. The van der Waals surface area contributed by atoms with E-state index in [9.17, 15) is 14.7 Å². The van der Waals surface area contributed by atoms with Crippen molar-refractivity contribution in [2.24, 2.45) is 5.73 Å². The predicted octanol–water partition coefficient (Wildman–Crippen LogP) is 1.56. The van der Waals surface area contributed by atoms with Crippen molar-refractivity contribution in [1.29, 1.82) is 0 Å². The lowest BCUT2D eigenvalue weighted by Gasteiger charge is -2.07. The normalized spacial score (nSPS) is 11.9. The zero-order valence-electron chi connectivity index (χ0n) is 11.3. The summed E-state index contributed by atoms with van der Waals surface area (Å²) in [6, 6.07) is 3.55. The maximum atomic E-state index is 11.9. The highest BCUT2D eigenvalue weighted by Crippen LogP contribution is 2.27. The summed E-state index contributed by atoms with van der Waals surface area (Å²) in [5.74, 6) is -0.868. The van der Waals surface area contributed by atoms with Crippen molar-refractivity contribution >= 4 is 11.8 Å². The molecule has 6 heteroatoms. The van der Waals surface area contributed by atoms with Gasteiger partial charge in [-0.05, 0) is 31.0 Å². The van der Waals surface area contributed by atoms with Crippen LogP contribution in [0.3, 0.4) is 0 Å². The third-order valence-corrected chi connectivity index (χ3v) is 2.99. The molecule has 0 aliphatic carbocycles. The number of nitrogens with two attached hydrogens (primary N) is 1. The third kappa shape index (κ3) is 4.55. The van der Waals surface area contributed by atoms with Gasteiger partial charge in [-0.2, -0.15) is 0 Å². The SMILES string of the molecule is COc1cc(C(=O)CCCCC(N)C(=O)O)ccc1O. The van der Waals surface area contributed by atoms with Gasteiger partial charge < -0.3 is 20.7 Å². The lowest BCUT2D eigenvalue weighted by atomic mass is 10.0. The zero-order chi connectivity index (χ0) is 15.1. The van der Waals surface area contributed by atoms with Gasteiger partial charge in [0.2, 0.25) is 0 Å². The Morgan fingerprint density at radius 2 is 2.05 bits per heavy atom. The largest absolute Gasteiger partial charge is 0.504 e. The number of hydrogen-bond donors (Lipinski definition) is 3. The van der Waals surface area contributed by atoms with Crippen LogP contribution in [0.1, 0.15) is 36.0 Å². The molecule has 6 nitrogen and oxygen atoms in total. The number of phenolic OH excluding ortho intramolecular Hbond substituents is 1. The molecule has 0 bridgehead atoms. The number of aromatic hydroxyl groups is 1. The molecule has 1 atom stereocenters. The number of carbonyl (C=O) groups is 2. The van der Waals surface area contributed by atoms with Crippen LogP contribution in [0.4, 0.5) is 0 Å². The van der Waals surface area contributed by atoms with E-state index in [1.54, 1.807) is 0 Å². The molecule has 1 rings (SSSR count). The van der Waals surface area contributed by atoms with Crippen LogP contribution in [0.2, 0.25) is 0 Å². The fourth-order valence-electron chi connectivity index (χ4n) is 1.77. The van der Waals surface area contributed by atoms with Crippen LogP contribution >= 0.6 is 0 Å². The van der Waals surface area contributed by atoms with Gasteiger partial charge in [-0.15, -0.1) is 0 Å². The minimum absolute atomic E-state index is 0.0171. The van der Waals surface area contributed by atoms with Crippen LogP contribution in [0.15, 0.2) is 18.2 Å². The Morgan fingerprint density at radius 1 is 1.35 bits per heavy atom. The Hall–Kier alpha value is -2.08. The molecule has 0 aliphatic heterocycles. The number of carboxylic acids is 1. The van der Waals surface area contributed by atoms with E-state index in [0.29, 0.717) is 31.2 Å². The average Bonchev–Trinajstić information content (AvgIpc) is 2.43. The molecule has 0 heterocycles. The number of carboxylic acid groups (broad SMARTS) is 1. The monoisotopic (exact) mass is 281 g/mol. The Balaban J connectivity index is 2.45. The molecule has 20 heavy (non-hydrogen) atoms. The minimum atomic E-state index is -1.03. The van der Waals surface area contributed by atoms with Crippen LogP contribution in [-0.2, 0) is 4.79 Å². The molecule has 1 unspecified atom stereocenters. The van der Waals surface area contributed by atoms with E-state index in [0.717, 1.165) is 0 Å². The average molecular weight is 281 g/mol. The van der Waals surface area contributed by atoms with Crippen molar-refractivity contribution in [2.45, 2.75) is 31.7 Å². The van der Waals surface area contributed by atoms with Gasteiger partial charge in [0.05, 0.1) is 7.11 Å². The molecule has 0 aromatic heterocycles. The summed E-state index contributed by atoms with van der Waals surface area (Å²) in [4.78, 5) is 22.4. The number of benzene rings is 1. The van der Waals surface area contributed by atoms with Gasteiger partial charge in [0.15, 0.2) is 17.3 Å². The highest BCUT2D eigenvalue weighted by Gasteiger charge is 2.12. The van der Waals surface area contributed by atoms with E-state index in [1.807, 2.05) is 0 Å². The van der Waals surface area contributed by atoms with Crippen molar-refractivity contribution in [2.75, 3.05) is 7.11 Å². The van der Waals surface area contributed by atoms with E-state index >= 15 is 0 Å². The van der Waals surface area contributed by atoms with Gasteiger partial charge in [-0.3, -0.25) is 9.59 Å². The number of methoxy groups -OCH3 is 1. The van der Waals surface area contributed by atoms with Crippen molar-refractivity contribution in [3.8, 4) is 11.5 Å². The second kappa shape index (κ2) is 7.49. The number of Topliss-reactive ketones (excluding diaryl/α,β-unsaturated/α-hetero) is 1. The highest BCUT2D eigenvalue weighted by atomic mass is 16.5. The zero-order valence-corrected chi connectivity index (χ0v) is 11.3. The lowest BCUT2D eigenvalue weighted by molar-refractivity contribution is -0.138. The first-order valence-electron chi connectivity index (χ1n) is 6.34. The van der Waals surface area contributed by atoms with E-state index in [1.165, 1.54) is 25.3 Å². The number of aliphatic carboxylic acids is 1. The number of hydrogen-bond acceptors (Lipinski definition) is 5. The molecule has 0 fully saturated rings. The topological polar surface area (TPSA) is 110 Å². The highest BCUT2D eigenvalue weighted by molar-refractivity contribution is 5.96. The number of unbranched alkanes of at least 4 members (excludes halogenated alkanes) is 1. The smallest absolute Gasteiger partial charge is 0.320 e. The van der Waals surface area contributed by atoms with Crippen molar-refractivity contribution < 1.29 is 24.5 Å². The molecule has 1 aromatic carbocycles.